The Kier molecular flexibility index (Phi) is 5.29. The van der Waals surface area contributed by atoms with Crippen LogP contribution in [0.25, 0.3) is 0 Å². The van der Waals surface area contributed by atoms with E-state index in [1.54, 1.807) is 25.4 Å². The number of urea groups is 1. The van der Waals surface area contributed by atoms with Crippen LogP contribution in [0, 0.1) is 0 Å². The summed E-state index contributed by atoms with van der Waals surface area (Å²) < 4.78 is 1.41. The van der Waals surface area contributed by atoms with Crippen LogP contribution in [-0.2, 0) is 18.4 Å². The summed E-state index contributed by atoms with van der Waals surface area (Å²) in [4.78, 5) is 36.2. The Hall–Kier alpha value is -2.11. The summed E-state index contributed by atoms with van der Waals surface area (Å²) in [6, 6.07) is 2.85. The molecule has 6 nitrogen and oxygen atoms in total. The van der Waals surface area contributed by atoms with Gasteiger partial charge in [-0.15, -0.1) is 0 Å². The molecule has 0 atom stereocenters. The van der Waals surface area contributed by atoms with Gasteiger partial charge in [0.25, 0.3) is 5.56 Å². The van der Waals surface area contributed by atoms with Crippen LogP contribution in [0.1, 0.15) is 25.8 Å². The standard InChI is InChI=1S/C13H19N3O3/c1-4-7-14-13(19)16(10(2)17)9-11-6-5-8-15(3)12(11)18/h5-6,8H,4,7,9H2,1-3H3,(H,14,19). The van der Waals surface area contributed by atoms with Crippen LogP contribution in [0.5, 0.6) is 0 Å². The lowest BCUT2D eigenvalue weighted by Gasteiger charge is -2.19. The second-order valence-electron chi connectivity index (χ2n) is 4.29. The fourth-order valence-electron chi connectivity index (χ4n) is 1.60. The van der Waals surface area contributed by atoms with Crippen molar-refractivity contribution in [2.45, 2.75) is 26.8 Å². The van der Waals surface area contributed by atoms with Crippen molar-refractivity contribution in [2.24, 2.45) is 7.05 Å². The molecule has 0 radical (unpaired) electrons. The minimum absolute atomic E-state index is 0.0155. The number of nitrogens with zero attached hydrogens (tertiary/aromatic N) is 2. The fraction of sp³-hybridized carbons (Fsp3) is 0.462. The third-order valence-electron chi connectivity index (χ3n) is 2.68. The normalized spacial score (nSPS) is 10.1. The lowest BCUT2D eigenvalue weighted by molar-refractivity contribution is -0.126. The van der Waals surface area contributed by atoms with Crippen molar-refractivity contribution in [3.8, 4) is 0 Å². The monoisotopic (exact) mass is 265 g/mol. The molecule has 1 aromatic heterocycles. The van der Waals surface area contributed by atoms with Crippen LogP contribution in [0.15, 0.2) is 23.1 Å². The van der Waals surface area contributed by atoms with Gasteiger partial charge in [-0.3, -0.25) is 14.5 Å². The molecule has 0 aliphatic carbocycles. The van der Waals surface area contributed by atoms with Crippen LogP contribution in [0.2, 0.25) is 0 Å². The van der Waals surface area contributed by atoms with Gasteiger partial charge in [-0.25, -0.2) is 4.79 Å². The van der Waals surface area contributed by atoms with Gasteiger partial charge >= 0.3 is 6.03 Å². The first kappa shape index (κ1) is 14.9. The summed E-state index contributed by atoms with van der Waals surface area (Å²) in [6.07, 6.45) is 2.41. The molecule has 0 aliphatic heterocycles. The van der Waals surface area contributed by atoms with Crippen molar-refractivity contribution in [3.05, 3.63) is 34.2 Å². The highest BCUT2D eigenvalue weighted by Crippen LogP contribution is 2.01. The summed E-state index contributed by atoms with van der Waals surface area (Å²) in [5, 5.41) is 2.63. The van der Waals surface area contributed by atoms with Crippen molar-refractivity contribution >= 4 is 11.9 Å². The lowest BCUT2D eigenvalue weighted by Crippen LogP contribution is -2.43. The van der Waals surface area contributed by atoms with Gasteiger partial charge in [0.2, 0.25) is 5.91 Å². The minimum Gasteiger partial charge on any atom is -0.338 e. The Bertz CT molecular complexity index is 522. The molecule has 0 unspecified atom stereocenters. The predicted molar refractivity (Wildman–Crippen MR) is 71.6 cm³/mol. The number of nitrogens with one attached hydrogen (secondary N) is 1. The quantitative estimate of drug-likeness (QED) is 0.877. The van der Waals surface area contributed by atoms with Crippen LogP contribution < -0.4 is 10.9 Å². The molecule has 104 valence electrons. The van der Waals surface area contributed by atoms with Gasteiger partial charge in [-0.05, 0) is 12.5 Å². The van der Waals surface area contributed by atoms with E-state index in [1.807, 2.05) is 6.92 Å². The van der Waals surface area contributed by atoms with Crippen molar-refractivity contribution in [1.29, 1.82) is 0 Å². The number of rotatable bonds is 4. The number of hydrogen-bond acceptors (Lipinski definition) is 3. The molecule has 1 aromatic rings. The molecule has 3 amide bonds. The molecule has 0 spiro atoms. The van der Waals surface area contributed by atoms with Crippen molar-refractivity contribution in [1.82, 2.24) is 14.8 Å². The largest absolute Gasteiger partial charge is 0.338 e. The van der Waals surface area contributed by atoms with E-state index in [-0.39, 0.29) is 18.0 Å². The molecule has 0 saturated heterocycles. The summed E-state index contributed by atoms with van der Waals surface area (Å²) in [7, 11) is 1.63. The molecule has 0 saturated carbocycles. The van der Waals surface area contributed by atoms with E-state index in [0.717, 1.165) is 11.3 Å². The Labute approximate surface area is 112 Å². The van der Waals surface area contributed by atoms with E-state index in [1.165, 1.54) is 11.5 Å². The van der Waals surface area contributed by atoms with E-state index in [0.29, 0.717) is 12.1 Å². The molecule has 0 aromatic carbocycles. The Balaban J connectivity index is 2.90. The van der Waals surface area contributed by atoms with Crippen LogP contribution in [-0.4, -0.2) is 28.0 Å². The third kappa shape index (κ3) is 3.94. The third-order valence-corrected chi connectivity index (χ3v) is 2.68. The molecule has 1 heterocycles. The zero-order valence-electron chi connectivity index (χ0n) is 11.5. The molecule has 0 bridgehead atoms. The van der Waals surface area contributed by atoms with Gasteiger partial charge < -0.3 is 9.88 Å². The van der Waals surface area contributed by atoms with Crippen molar-refractivity contribution in [3.63, 3.8) is 0 Å². The van der Waals surface area contributed by atoms with E-state index in [4.69, 9.17) is 0 Å². The highest BCUT2D eigenvalue weighted by molar-refractivity contribution is 5.93. The Morgan fingerprint density at radius 1 is 1.42 bits per heavy atom. The molecular formula is C13H19N3O3. The van der Waals surface area contributed by atoms with Crippen LogP contribution in [0.3, 0.4) is 0 Å². The molecule has 1 rings (SSSR count). The number of amides is 3. The van der Waals surface area contributed by atoms with E-state index in [9.17, 15) is 14.4 Å². The average Bonchev–Trinajstić information content (AvgIpc) is 2.37. The molecule has 0 fully saturated rings. The maximum Gasteiger partial charge on any atom is 0.324 e. The predicted octanol–water partition coefficient (Wildman–Crippen LogP) is 0.853. The van der Waals surface area contributed by atoms with E-state index >= 15 is 0 Å². The smallest absolute Gasteiger partial charge is 0.324 e. The van der Waals surface area contributed by atoms with Gasteiger partial charge in [0.1, 0.15) is 0 Å². The topological polar surface area (TPSA) is 71.4 Å². The van der Waals surface area contributed by atoms with Gasteiger partial charge in [0.05, 0.1) is 6.54 Å². The van der Waals surface area contributed by atoms with Gasteiger partial charge in [-0.1, -0.05) is 13.0 Å². The summed E-state index contributed by atoms with van der Waals surface area (Å²) in [5.41, 5.74) is 0.198. The van der Waals surface area contributed by atoms with Gasteiger partial charge in [0.15, 0.2) is 0 Å². The summed E-state index contributed by atoms with van der Waals surface area (Å²) in [6.45, 7) is 3.71. The molecule has 6 heteroatoms. The molecule has 0 aliphatic rings. The van der Waals surface area contributed by atoms with Crippen molar-refractivity contribution in [2.75, 3.05) is 6.54 Å². The first-order chi connectivity index (χ1) is 8.97. The summed E-state index contributed by atoms with van der Waals surface area (Å²) in [5.74, 6) is -0.389. The molecular weight excluding hydrogens is 246 g/mol. The minimum atomic E-state index is -0.472. The number of carbonyl (C=O) groups is 2. The SMILES string of the molecule is CCCNC(=O)N(Cc1cccn(C)c1=O)C(C)=O. The summed E-state index contributed by atoms with van der Waals surface area (Å²) >= 11 is 0. The Morgan fingerprint density at radius 2 is 2.11 bits per heavy atom. The lowest BCUT2D eigenvalue weighted by atomic mass is 10.2. The van der Waals surface area contributed by atoms with Crippen molar-refractivity contribution < 1.29 is 9.59 Å². The Morgan fingerprint density at radius 3 is 2.68 bits per heavy atom. The zero-order valence-corrected chi connectivity index (χ0v) is 11.5. The number of aryl methyl sites for hydroxylation is 1. The number of hydrogen-bond donors (Lipinski definition) is 1. The molecule has 19 heavy (non-hydrogen) atoms. The van der Waals surface area contributed by atoms with Crippen LogP contribution >= 0.6 is 0 Å². The number of pyridine rings is 1. The first-order valence-corrected chi connectivity index (χ1v) is 6.17. The van der Waals surface area contributed by atoms with E-state index in [2.05, 4.69) is 5.32 Å². The fourth-order valence-corrected chi connectivity index (χ4v) is 1.60. The maximum atomic E-state index is 11.9. The number of carbonyl (C=O) groups excluding carboxylic acids is 2. The second kappa shape index (κ2) is 6.72. The second-order valence-corrected chi connectivity index (χ2v) is 4.29. The van der Waals surface area contributed by atoms with Gasteiger partial charge in [-0.2, -0.15) is 0 Å². The van der Waals surface area contributed by atoms with Gasteiger partial charge in [0, 0.05) is 32.3 Å². The van der Waals surface area contributed by atoms with E-state index < -0.39 is 6.03 Å². The maximum absolute atomic E-state index is 11.9. The number of aromatic nitrogens is 1. The first-order valence-electron chi connectivity index (χ1n) is 6.17. The number of imide groups is 1. The van der Waals surface area contributed by atoms with Crippen LogP contribution in [0.4, 0.5) is 4.79 Å². The molecule has 1 N–H and O–H groups in total. The average molecular weight is 265 g/mol. The zero-order chi connectivity index (χ0) is 14.4. The highest BCUT2D eigenvalue weighted by Gasteiger charge is 2.19. The highest BCUT2D eigenvalue weighted by atomic mass is 16.2.